The van der Waals surface area contributed by atoms with Crippen LogP contribution < -0.4 is 10.6 Å². The van der Waals surface area contributed by atoms with Crippen LogP contribution in [0.5, 0.6) is 0 Å². The molecule has 2 fully saturated rings. The average molecular weight is 409 g/mol. The lowest BCUT2D eigenvalue weighted by Crippen LogP contribution is -2.44. The summed E-state index contributed by atoms with van der Waals surface area (Å²) in [6, 6.07) is 12.6. The molecule has 2 atom stereocenters. The maximum atomic E-state index is 13.2. The Balaban J connectivity index is 1.47. The Labute approximate surface area is 174 Å². The second-order valence-corrected chi connectivity index (χ2v) is 8.25. The van der Waals surface area contributed by atoms with E-state index in [0.29, 0.717) is 11.5 Å². The first kappa shape index (κ1) is 20.1. The zero-order valence-corrected chi connectivity index (χ0v) is 16.9. The second-order valence-electron chi connectivity index (χ2n) is 8.25. The maximum Gasteiger partial charge on any atom is 0.325 e. The number of imide groups is 1. The first-order valence-corrected chi connectivity index (χ1v) is 10.0. The number of benzene rings is 2. The molecule has 1 saturated heterocycles. The Morgan fingerprint density at radius 1 is 1.17 bits per heavy atom. The number of carbonyl (C=O) groups excluding carboxylic acids is 3. The molecule has 2 aromatic carbocycles. The lowest BCUT2D eigenvalue weighted by molar-refractivity contribution is -0.135. The van der Waals surface area contributed by atoms with Crippen LogP contribution >= 0.6 is 0 Å². The molecule has 7 heteroatoms. The van der Waals surface area contributed by atoms with Crippen molar-refractivity contribution in [3.8, 4) is 0 Å². The van der Waals surface area contributed by atoms with E-state index in [-0.39, 0.29) is 18.5 Å². The smallest absolute Gasteiger partial charge is 0.325 e. The van der Waals surface area contributed by atoms with E-state index in [0.717, 1.165) is 28.9 Å². The quantitative estimate of drug-likeness (QED) is 0.720. The zero-order chi connectivity index (χ0) is 21.5. The van der Waals surface area contributed by atoms with Gasteiger partial charge in [-0.05, 0) is 55.9 Å². The van der Waals surface area contributed by atoms with Gasteiger partial charge in [0.25, 0.3) is 5.91 Å². The highest BCUT2D eigenvalue weighted by atomic mass is 19.1. The van der Waals surface area contributed by atoms with Gasteiger partial charge in [-0.1, -0.05) is 42.0 Å². The number of amides is 4. The predicted octanol–water partition coefficient (Wildman–Crippen LogP) is 3.17. The van der Waals surface area contributed by atoms with Gasteiger partial charge < -0.3 is 10.6 Å². The van der Waals surface area contributed by atoms with Crippen molar-refractivity contribution in [1.82, 2.24) is 15.5 Å². The summed E-state index contributed by atoms with van der Waals surface area (Å²) in [5.74, 6) is -0.992. The fourth-order valence-electron chi connectivity index (χ4n) is 3.86. The van der Waals surface area contributed by atoms with E-state index in [1.807, 2.05) is 31.2 Å². The van der Waals surface area contributed by atoms with Gasteiger partial charge in [-0.2, -0.15) is 0 Å². The van der Waals surface area contributed by atoms with Crippen molar-refractivity contribution < 1.29 is 18.8 Å². The molecule has 4 amide bonds. The summed E-state index contributed by atoms with van der Waals surface area (Å²) in [6.07, 6.45) is 2.06. The van der Waals surface area contributed by atoms with E-state index in [4.69, 9.17) is 0 Å². The minimum atomic E-state index is -1.34. The van der Waals surface area contributed by atoms with Crippen LogP contribution in [0.2, 0.25) is 0 Å². The van der Waals surface area contributed by atoms with Gasteiger partial charge in [0.05, 0.1) is 6.04 Å². The normalized spacial score (nSPS) is 22.0. The van der Waals surface area contributed by atoms with E-state index in [1.165, 1.54) is 24.3 Å². The average Bonchev–Trinajstić information content (AvgIpc) is 3.53. The Morgan fingerprint density at radius 2 is 1.80 bits per heavy atom. The van der Waals surface area contributed by atoms with E-state index >= 15 is 0 Å². The highest BCUT2D eigenvalue weighted by Gasteiger charge is 2.49. The van der Waals surface area contributed by atoms with Crippen LogP contribution in [0.1, 0.15) is 42.5 Å². The number of urea groups is 1. The number of hydrogen-bond donors (Lipinski definition) is 2. The molecular formula is C23H24FN3O3. The van der Waals surface area contributed by atoms with Gasteiger partial charge in [0.15, 0.2) is 0 Å². The van der Waals surface area contributed by atoms with Crippen molar-refractivity contribution in [2.75, 3.05) is 6.54 Å². The molecule has 4 rings (SSSR count). The van der Waals surface area contributed by atoms with Gasteiger partial charge in [-0.15, -0.1) is 0 Å². The van der Waals surface area contributed by atoms with Crippen LogP contribution in [-0.4, -0.2) is 29.3 Å². The zero-order valence-electron chi connectivity index (χ0n) is 16.9. The highest BCUT2D eigenvalue weighted by Crippen LogP contribution is 2.41. The van der Waals surface area contributed by atoms with E-state index in [2.05, 4.69) is 10.6 Å². The van der Waals surface area contributed by atoms with E-state index < -0.39 is 23.3 Å². The molecule has 156 valence electrons. The highest BCUT2D eigenvalue weighted by molar-refractivity contribution is 6.09. The molecule has 2 N–H and O–H groups in total. The fourth-order valence-corrected chi connectivity index (χ4v) is 3.86. The SMILES string of the molecule is Cc1ccc(C(NC(=O)CN2C(=O)NC(C)(c3ccc(F)cc3)C2=O)C2CC2)cc1. The molecule has 2 aromatic rings. The van der Waals surface area contributed by atoms with Crippen LogP contribution in [0.25, 0.3) is 0 Å². The van der Waals surface area contributed by atoms with Crippen LogP contribution in [0, 0.1) is 18.7 Å². The molecule has 1 aliphatic carbocycles. The molecule has 0 spiro atoms. The van der Waals surface area contributed by atoms with E-state index in [1.54, 1.807) is 6.92 Å². The summed E-state index contributed by atoms with van der Waals surface area (Å²) in [4.78, 5) is 39.1. The number of rotatable bonds is 6. The Morgan fingerprint density at radius 3 is 2.40 bits per heavy atom. The molecule has 0 radical (unpaired) electrons. The molecule has 1 saturated carbocycles. The molecule has 2 unspecified atom stereocenters. The van der Waals surface area contributed by atoms with Gasteiger partial charge >= 0.3 is 6.03 Å². The van der Waals surface area contributed by atoms with Crippen LogP contribution in [0.3, 0.4) is 0 Å². The minimum absolute atomic E-state index is 0.137. The molecular weight excluding hydrogens is 385 g/mol. The Bertz CT molecular complexity index is 986. The molecule has 30 heavy (non-hydrogen) atoms. The second kappa shape index (κ2) is 7.55. The monoisotopic (exact) mass is 409 g/mol. The van der Waals surface area contributed by atoms with Crippen molar-refractivity contribution in [1.29, 1.82) is 0 Å². The van der Waals surface area contributed by atoms with Crippen molar-refractivity contribution in [2.45, 2.75) is 38.3 Å². The van der Waals surface area contributed by atoms with Gasteiger partial charge in [-0.3, -0.25) is 14.5 Å². The number of hydrogen-bond acceptors (Lipinski definition) is 3. The largest absolute Gasteiger partial charge is 0.347 e. The first-order valence-electron chi connectivity index (χ1n) is 10.0. The number of aryl methyl sites for hydroxylation is 1. The van der Waals surface area contributed by atoms with Crippen molar-refractivity contribution >= 4 is 17.8 Å². The number of nitrogens with one attached hydrogen (secondary N) is 2. The van der Waals surface area contributed by atoms with Crippen LogP contribution in [-0.2, 0) is 15.1 Å². The minimum Gasteiger partial charge on any atom is -0.347 e. The lowest BCUT2D eigenvalue weighted by atomic mass is 9.92. The topological polar surface area (TPSA) is 78.5 Å². The summed E-state index contributed by atoms with van der Waals surface area (Å²) in [7, 11) is 0. The molecule has 2 aliphatic rings. The number of carbonyl (C=O) groups is 3. The molecule has 6 nitrogen and oxygen atoms in total. The van der Waals surface area contributed by atoms with Gasteiger partial charge in [-0.25, -0.2) is 9.18 Å². The van der Waals surface area contributed by atoms with Crippen LogP contribution in [0.4, 0.5) is 9.18 Å². The van der Waals surface area contributed by atoms with Gasteiger partial charge in [0.1, 0.15) is 17.9 Å². The fraction of sp³-hybridized carbons (Fsp3) is 0.348. The Hall–Kier alpha value is -3.22. The standard InChI is InChI=1S/C23H24FN3O3/c1-14-3-5-15(6-4-14)20(16-7-8-16)25-19(28)13-27-21(29)23(2,26-22(27)30)17-9-11-18(24)12-10-17/h3-6,9-12,16,20H,7-8,13H2,1-2H3,(H,25,28)(H,26,30). The van der Waals surface area contributed by atoms with Crippen molar-refractivity contribution in [3.63, 3.8) is 0 Å². The van der Waals surface area contributed by atoms with Gasteiger partial charge in [0.2, 0.25) is 5.91 Å². The Kier molecular flexibility index (Phi) is 5.05. The molecule has 1 aliphatic heterocycles. The summed E-state index contributed by atoms with van der Waals surface area (Å²) in [5.41, 5.74) is 1.28. The maximum absolute atomic E-state index is 13.2. The molecule has 0 aromatic heterocycles. The predicted molar refractivity (Wildman–Crippen MR) is 109 cm³/mol. The summed E-state index contributed by atoms with van der Waals surface area (Å²) < 4.78 is 13.2. The lowest BCUT2D eigenvalue weighted by Gasteiger charge is -2.23. The van der Waals surface area contributed by atoms with E-state index in [9.17, 15) is 18.8 Å². The van der Waals surface area contributed by atoms with Crippen LogP contribution in [0.15, 0.2) is 48.5 Å². The third-order valence-electron chi connectivity index (χ3n) is 5.84. The third-order valence-corrected chi connectivity index (χ3v) is 5.84. The van der Waals surface area contributed by atoms with Crippen molar-refractivity contribution in [3.05, 3.63) is 71.0 Å². The van der Waals surface area contributed by atoms with Gasteiger partial charge in [0, 0.05) is 0 Å². The third kappa shape index (κ3) is 3.79. The first-order chi connectivity index (χ1) is 14.3. The van der Waals surface area contributed by atoms with Crippen molar-refractivity contribution in [2.24, 2.45) is 5.92 Å². The summed E-state index contributed by atoms with van der Waals surface area (Å²) in [6.45, 7) is 3.19. The number of halogens is 1. The summed E-state index contributed by atoms with van der Waals surface area (Å²) >= 11 is 0. The summed E-state index contributed by atoms with van der Waals surface area (Å²) in [5, 5.41) is 5.63. The number of nitrogens with zero attached hydrogens (tertiary/aromatic N) is 1. The molecule has 1 heterocycles. The molecule has 0 bridgehead atoms.